The number of rotatable bonds is 7. The quantitative estimate of drug-likeness (QED) is 0.826. The topological polar surface area (TPSA) is 62.5 Å². The van der Waals surface area contributed by atoms with E-state index in [4.69, 9.17) is 4.42 Å². The Kier molecular flexibility index (Phi) is 5.66. The Bertz CT molecular complexity index is 614. The Morgan fingerprint density at radius 3 is 2.77 bits per heavy atom. The molecule has 1 aromatic carbocycles. The summed E-state index contributed by atoms with van der Waals surface area (Å²) >= 11 is 0. The zero-order valence-corrected chi connectivity index (χ0v) is 11.9. The Balaban J connectivity index is 1.68. The van der Waals surface area contributed by atoms with Crippen molar-refractivity contribution in [1.29, 1.82) is 0 Å². The van der Waals surface area contributed by atoms with Crippen molar-refractivity contribution in [2.75, 3.05) is 6.54 Å². The monoisotopic (exact) mass is 309 g/mol. The molecule has 0 aliphatic heterocycles. The molecule has 0 spiro atoms. The molecule has 0 aliphatic carbocycles. The van der Waals surface area contributed by atoms with Gasteiger partial charge in [-0.1, -0.05) is 6.07 Å². The highest BCUT2D eigenvalue weighted by molar-refractivity contribution is 5.75. The predicted octanol–water partition coefficient (Wildman–Crippen LogP) is 2.73. The molecule has 1 atom stereocenters. The van der Waals surface area contributed by atoms with Crippen LogP contribution in [0.2, 0.25) is 0 Å². The van der Waals surface area contributed by atoms with E-state index >= 15 is 0 Å². The van der Waals surface area contributed by atoms with Gasteiger partial charge in [0.1, 0.15) is 11.9 Å². The molecule has 2 rings (SSSR count). The number of benzene rings is 1. The van der Waals surface area contributed by atoms with Crippen molar-refractivity contribution in [2.45, 2.75) is 25.4 Å². The molecule has 2 aromatic rings. The van der Waals surface area contributed by atoms with Gasteiger partial charge in [0.05, 0.1) is 12.8 Å². The van der Waals surface area contributed by atoms with E-state index in [0.29, 0.717) is 24.2 Å². The Hall–Kier alpha value is -2.21. The summed E-state index contributed by atoms with van der Waals surface area (Å²) in [7, 11) is 0. The third-order valence-electron chi connectivity index (χ3n) is 3.22. The molecule has 0 radical (unpaired) electrons. The predicted molar refractivity (Wildman–Crippen MR) is 76.0 cm³/mol. The first-order chi connectivity index (χ1) is 10.6. The maximum atomic E-state index is 13.0. The molecule has 2 N–H and O–H groups in total. The minimum atomic E-state index is -0.886. The van der Waals surface area contributed by atoms with Gasteiger partial charge < -0.3 is 14.8 Å². The number of furan rings is 1. The number of carbonyl (C=O) groups is 1. The molecule has 1 unspecified atom stereocenters. The van der Waals surface area contributed by atoms with Crippen molar-refractivity contribution < 1.29 is 23.1 Å². The summed E-state index contributed by atoms with van der Waals surface area (Å²) in [5.74, 6) is -1.59. The van der Waals surface area contributed by atoms with E-state index in [1.807, 2.05) is 0 Å². The van der Waals surface area contributed by atoms with Crippen molar-refractivity contribution in [3.8, 4) is 0 Å². The molecule has 118 valence electrons. The number of carbonyl (C=O) groups excluding carboxylic acids is 1. The van der Waals surface area contributed by atoms with Crippen molar-refractivity contribution in [3.63, 3.8) is 0 Å². The van der Waals surface area contributed by atoms with E-state index < -0.39 is 17.7 Å². The molecule has 4 nitrogen and oxygen atoms in total. The number of halogens is 2. The lowest BCUT2D eigenvalue weighted by atomic mass is 10.1. The SMILES string of the molecule is O=C(CCCc1ccc(F)c(F)c1)NCC(O)c1ccco1. The molecule has 0 saturated carbocycles. The van der Waals surface area contributed by atoms with E-state index in [0.717, 1.165) is 12.1 Å². The second kappa shape index (κ2) is 7.70. The first kappa shape index (κ1) is 16.2. The summed E-state index contributed by atoms with van der Waals surface area (Å²) < 4.78 is 30.8. The molecular weight excluding hydrogens is 292 g/mol. The normalized spacial score (nSPS) is 12.1. The summed E-state index contributed by atoms with van der Waals surface area (Å²) in [6.45, 7) is 0.0670. The minimum Gasteiger partial charge on any atom is -0.467 e. The molecule has 22 heavy (non-hydrogen) atoms. The van der Waals surface area contributed by atoms with Gasteiger partial charge in [0.25, 0.3) is 0 Å². The van der Waals surface area contributed by atoms with Crippen LogP contribution < -0.4 is 5.32 Å². The number of hydrogen-bond acceptors (Lipinski definition) is 3. The van der Waals surface area contributed by atoms with Gasteiger partial charge in [0.2, 0.25) is 5.91 Å². The summed E-state index contributed by atoms with van der Waals surface area (Å²) in [5.41, 5.74) is 0.641. The number of nitrogens with one attached hydrogen (secondary N) is 1. The Morgan fingerprint density at radius 1 is 1.27 bits per heavy atom. The second-order valence-corrected chi connectivity index (χ2v) is 4.94. The van der Waals surface area contributed by atoms with Crippen LogP contribution in [0, 0.1) is 11.6 Å². The molecule has 1 heterocycles. The lowest BCUT2D eigenvalue weighted by molar-refractivity contribution is -0.121. The largest absolute Gasteiger partial charge is 0.467 e. The van der Waals surface area contributed by atoms with Crippen LogP contribution in [0.25, 0.3) is 0 Å². The smallest absolute Gasteiger partial charge is 0.220 e. The van der Waals surface area contributed by atoms with Crippen LogP contribution in [0.4, 0.5) is 8.78 Å². The maximum absolute atomic E-state index is 13.0. The summed E-state index contributed by atoms with van der Waals surface area (Å²) in [5, 5.41) is 12.3. The maximum Gasteiger partial charge on any atom is 0.220 e. The average molecular weight is 309 g/mol. The third-order valence-corrected chi connectivity index (χ3v) is 3.22. The average Bonchev–Trinajstić information content (AvgIpc) is 3.03. The van der Waals surface area contributed by atoms with Crippen molar-refractivity contribution in [2.24, 2.45) is 0 Å². The second-order valence-electron chi connectivity index (χ2n) is 4.94. The van der Waals surface area contributed by atoms with Gasteiger partial charge in [-0.3, -0.25) is 4.79 Å². The van der Waals surface area contributed by atoms with E-state index in [2.05, 4.69) is 5.32 Å². The van der Waals surface area contributed by atoms with Gasteiger partial charge in [0.15, 0.2) is 11.6 Å². The third kappa shape index (κ3) is 4.66. The minimum absolute atomic E-state index is 0.0670. The van der Waals surface area contributed by atoms with Crippen LogP contribution in [0.3, 0.4) is 0 Å². The molecule has 0 bridgehead atoms. The van der Waals surface area contributed by atoms with E-state index in [1.54, 1.807) is 12.1 Å². The van der Waals surface area contributed by atoms with Crippen LogP contribution in [0.1, 0.15) is 30.3 Å². The van der Waals surface area contributed by atoms with Crippen molar-refractivity contribution >= 4 is 5.91 Å². The van der Waals surface area contributed by atoms with Gasteiger partial charge in [-0.2, -0.15) is 0 Å². The van der Waals surface area contributed by atoms with Gasteiger partial charge in [-0.05, 0) is 42.7 Å². The van der Waals surface area contributed by atoms with Gasteiger partial charge >= 0.3 is 0 Å². The summed E-state index contributed by atoms with van der Waals surface area (Å²) in [4.78, 5) is 11.6. The molecule has 1 aromatic heterocycles. The fourth-order valence-corrected chi connectivity index (χ4v) is 2.03. The number of aryl methyl sites for hydroxylation is 1. The molecular formula is C16H17F2NO3. The molecule has 6 heteroatoms. The lowest BCUT2D eigenvalue weighted by Gasteiger charge is -2.09. The van der Waals surface area contributed by atoms with Crippen molar-refractivity contribution in [1.82, 2.24) is 5.32 Å². The summed E-state index contributed by atoms with van der Waals surface area (Å²) in [6, 6.07) is 6.98. The fraction of sp³-hybridized carbons (Fsp3) is 0.312. The molecule has 0 aliphatic rings. The zero-order valence-electron chi connectivity index (χ0n) is 11.9. The highest BCUT2D eigenvalue weighted by atomic mass is 19.2. The van der Waals surface area contributed by atoms with Crippen LogP contribution in [-0.4, -0.2) is 17.6 Å². The van der Waals surface area contributed by atoms with Gasteiger partial charge in [-0.15, -0.1) is 0 Å². The first-order valence-electron chi connectivity index (χ1n) is 6.98. The fourth-order valence-electron chi connectivity index (χ4n) is 2.03. The number of aliphatic hydroxyl groups excluding tert-OH is 1. The highest BCUT2D eigenvalue weighted by Gasteiger charge is 2.11. The van der Waals surface area contributed by atoms with Crippen molar-refractivity contribution in [3.05, 3.63) is 59.6 Å². The van der Waals surface area contributed by atoms with Crippen LogP contribution >= 0.6 is 0 Å². The Labute approximate surface area is 126 Å². The van der Waals surface area contributed by atoms with Gasteiger partial charge in [0, 0.05) is 6.42 Å². The van der Waals surface area contributed by atoms with Gasteiger partial charge in [-0.25, -0.2) is 8.78 Å². The standard InChI is InChI=1S/C16H17F2NO3/c17-12-7-6-11(9-13(12)18)3-1-5-16(21)19-10-14(20)15-4-2-8-22-15/h2,4,6-9,14,20H,1,3,5,10H2,(H,19,21). The Morgan fingerprint density at radius 2 is 2.09 bits per heavy atom. The number of aliphatic hydroxyl groups is 1. The molecule has 0 fully saturated rings. The summed E-state index contributed by atoms with van der Waals surface area (Å²) in [6.07, 6.45) is 1.79. The van der Waals surface area contributed by atoms with Crippen LogP contribution in [0.15, 0.2) is 41.0 Å². The zero-order chi connectivity index (χ0) is 15.9. The number of hydrogen-bond donors (Lipinski definition) is 2. The molecule has 0 saturated heterocycles. The molecule has 1 amide bonds. The van der Waals surface area contributed by atoms with Crippen LogP contribution in [-0.2, 0) is 11.2 Å². The van der Waals surface area contributed by atoms with Crippen LogP contribution in [0.5, 0.6) is 0 Å². The van der Waals surface area contributed by atoms with E-state index in [-0.39, 0.29) is 18.9 Å². The highest BCUT2D eigenvalue weighted by Crippen LogP contribution is 2.13. The van der Waals surface area contributed by atoms with E-state index in [1.165, 1.54) is 12.3 Å². The lowest BCUT2D eigenvalue weighted by Crippen LogP contribution is -2.28. The first-order valence-corrected chi connectivity index (χ1v) is 6.98. The van der Waals surface area contributed by atoms with E-state index in [9.17, 15) is 18.7 Å². The number of amides is 1.